The highest BCUT2D eigenvalue weighted by Crippen LogP contribution is 2.27. The van der Waals surface area contributed by atoms with Crippen LogP contribution in [0.15, 0.2) is 64.9 Å². The fraction of sp³-hybridized carbons (Fsp3) is 0.100. The Morgan fingerprint density at radius 2 is 1.76 bits per heavy atom. The van der Waals surface area contributed by atoms with Gasteiger partial charge >= 0.3 is 5.97 Å². The number of thiophene rings is 1. The first-order chi connectivity index (χ1) is 13.7. The van der Waals surface area contributed by atoms with Gasteiger partial charge in [-0.05, 0) is 42.8 Å². The number of carboxylic acid groups (broad SMARTS) is 1. The zero-order chi connectivity index (χ0) is 21.2. The molecule has 0 saturated carbocycles. The molecular formula is C20H18N2O5S2. The van der Waals surface area contributed by atoms with Gasteiger partial charge in [0.05, 0.1) is 21.0 Å². The predicted molar refractivity (Wildman–Crippen MR) is 112 cm³/mol. The van der Waals surface area contributed by atoms with E-state index in [0.717, 1.165) is 15.6 Å². The van der Waals surface area contributed by atoms with Crippen LogP contribution in [0.2, 0.25) is 0 Å². The molecule has 3 rings (SSSR count). The Labute approximate surface area is 172 Å². The van der Waals surface area contributed by atoms with E-state index in [0.29, 0.717) is 16.9 Å². The molecule has 1 heterocycles. The SMILES string of the molecule is Cc1ccc(C(=O)O)cc1NC(=O)c1cc(S(=O)(=O)N(C)c2ccccc2)cs1. The predicted octanol–water partition coefficient (Wildman–Crippen LogP) is 3.83. The van der Waals surface area contributed by atoms with Crippen molar-refractivity contribution in [2.45, 2.75) is 11.8 Å². The number of carbonyl (C=O) groups excluding carboxylic acids is 1. The number of carbonyl (C=O) groups is 2. The molecule has 0 atom stereocenters. The summed E-state index contributed by atoms with van der Waals surface area (Å²) in [4.78, 5) is 23.9. The number of nitrogens with one attached hydrogen (secondary N) is 1. The van der Waals surface area contributed by atoms with E-state index in [1.54, 1.807) is 43.3 Å². The van der Waals surface area contributed by atoms with Gasteiger partial charge in [0.2, 0.25) is 0 Å². The fourth-order valence-corrected chi connectivity index (χ4v) is 4.93. The van der Waals surface area contributed by atoms with Crippen molar-refractivity contribution in [3.8, 4) is 0 Å². The van der Waals surface area contributed by atoms with Gasteiger partial charge in [0.1, 0.15) is 0 Å². The lowest BCUT2D eigenvalue weighted by Crippen LogP contribution is -2.26. The smallest absolute Gasteiger partial charge is 0.335 e. The molecule has 7 nitrogen and oxygen atoms in total. The summed E-state index contributed by atoms with van der Waals surface area (Å²) in [7, 11) is -2.37. The Bertz CT molecular complexity index is 1170. The summed E-state index contributed by atoms with van der Waals surface area (Å²) < 4.78 is 26.8. The van der Waals surface area contributed by atoms with Crippen LogP contribution in [0.4, 0.5) is 11.4 Å². The maximum atomic E-state index is 12.8. The molecule has 2 N–H and O–H groups in total. The van der Waals surface area contributed by atoms with Crippen LogP contribution in [-0.4, -0.2) is 32.4 Å². The lowest BCUT2D eigenvalue weighted by molar-refractivity contribution is 0.0696. The van der Waals surface area contributed by atoms with Crippen LogP contribution in [0, 0.1) is 6.92 Å². The topological polar surface area (TPSA) is 104 Å². The van der Waals surface area contributed by atoms with E-state index in [4.69, 9.17) is 5.11 Å². The summed E-state index contributed by atoms with van der Waals surface area (Å²) >= 11 is 0.999. The molecule has 0 radical (unpaired) electrons. The molecule has 0 spiro atoms. The van der Waals surface area contributed by atoms with E-state index < -0.39 is 21.9 Å². The summed E-state index contributed by atoms with van der Waals surface area (Å²) in [5, 5.41) is 13.2. The first-order valence-electron chi connectivity index (χ1n) is 8.48. The third kappa shape index (κ3) is 4.30. The fourth-order valence-electron chi connectivity index (χ4n) is 2.58. The third-order valence-corrected chi connectivity index (χ3v) is 7.15. The highest BCUT2D eigenvalue weighted by Gasteiger charge is 2.24. The van der Waals surface area contributed by atoms with E-state index >= 15 is 0 Å². The molecule has 0 unspecified atom stereocenters. The number of aromatic carboxylic acids is 1. The number of benzene rings is 2. The van der Waals surface area contributed by atoms with Gasteiger partial charge in [-0.25, -0.2) is 13.2 Å². The first kappa shape index (κ1) is 20.6. The standard InChI is InChI=1S/C20H18N2O5S2/c1-13-8-9-14(20(24)25)10-17(13)21-19(23)18-11-16(12-28-18)29(26,27)22(2)15-6-4-3-5-7-15/h3-12H,1-2H3,(H,21,23)(H,24,25). The second-order valence-electron chi connectivity index (χ2n) is 6.24. The van der Waals surface area contributed by atoms with Crippen LogP contribution in [0.5, 0.6) is 0 Å². The molecule has 0 bridgehead atoms. The molecule has 0 aliphatic rings. The Hall–Kier alpha value is -3.17. The second kappa shape index (κ2) is 8.06. The Kier molecular flexibility index (Phi) is 5.71. The Morgan fingerprint density at radius 1 is 1.07 bits per heavy atom. The number of carboxylic acids is 1. The third-order valence-electron chi connectivity index (χ3n) is 4.31. The maximum Gasteiger partial charge on any atom is 0.335 e. The van der Waals surface area contributed by atoms with E-state index in [9.17, 15) is 18.0 Å². The Balaban J connectivity index is 1.84. The van der Waals surface area contributed by atoms with Crippen LogP contribution >= 0.6 is 11.3 Å². The molecule has 0 aliphatic heterocycles. The molecule has 1 aromatic heterocycles. The minimum atomic E-state index is -3.82. The van der Waals surface area contributed by atoms with E-state index in [2.05, 4.69) is 5.32 Å². The summed E-state index contributed by atoms with van der Waals surface area (Å²) in [6.07, 6.45) is 0. The molecule has 150 valence electrons. The van der Waals surface area contributed by atoms with Crippen LogP contribution < -0.4 is 9.62 Å². The summed E-state index contributed by atoms with van der Waals surface area (Å²) in [6, 6.07) is 14.3. The van der Waals surface area contributed by atoms with Crippen LogP contribution in [0.25, 0.3) is 0 Å². The lowest BCUT2D eigenvalue weighted by atomic mass is 10.1. The number of hydrogen-bond acceptors (Lipinski definition) is 5. The molecule has 1 amide bonds. The summed E-state index contributed by atoms with van der Waals surface area (Å²) in [5.41, 5.74) is 1.60. The minimum Gasteiger partial charge on any atom is -0.478 e. The average molecular weight is 431 g/mol. The highest BCUT2D eigenvalue weighted by molar-refractivity contribution is 7.93. The summed E-state index contributed by atoms with van der Waals surface area (Å²) in [6.45, 7) is 1.74. The largest absolute Gasteiger partial charge is 0.478 e. The van der Waals surface area contributed by atoms with Gasteiger partial charge in [0, 0.05) is 18.1 Å². The molecule has 2 aromatic carbocycles. The van der Waals surface area contributed by atoms with Crippen LogP contribution in [0.1, 0.15) is 25.6 Å². The quantitative estimate of drug-likeness (QED) is 0.618. The number of aryl methyl sites for hydroxylation is 1. The van der Waals surface area contributed by atoms with Gasteiger partial charge in [0.25, 0.3) is 15.9 Å². The zero-order valence-corrected chi connectivity index (χ0v) is 17.3. The van der Waals surface area contributed by atoms with Gasteiger partial charge in [-0.3, -0.25) is 9.10 Å². The van der Waals surface area contributed by atoms with Gasteiger partial charge < -0.3 is 10.4 Å². The number of sulfonamides is 1. The summed E-state index contributed by atoms with van der Waals surface area (Å²) in [5.74, 6) is -1.61. The molecule has 0 fully saturated rings. The van der Waals surface area contributed by atoms with Crippen molar-refractivity contribution in [1.82, 2.24) is 0 Å². The molecule has 3 aromatic rings. The maximum absolute atomic E-state index is 12.8. The van der Waals surface area contributed by atoms with Gasteiger partial charge in [-0.2, -0.15) is 0 Å². The number of hydrogen-bond donors (Lipinski definition) is 2. The molecule has 0 saturated heterocycles. The molecule has 29 heavy (non-hydrogen) atoms. The molecular weight excluding hydrogens is 412 g/mol. The van der Waals surface area contributed by atoms with Crippen molar-refractivity contribution in [3.63, 3.8) is 0 Å². The highest BCUT2D eigenvalue weighted by atomic mass is 32.2. The number of rotatable bonds is 6. The monoisotopic (exact) mass is 430 g/mol. The van der Waals surface area contributed by atoms with E-state index in [1.165, 1.54) is 30.6 Å². The second-order valence-corrected chi connectivity index (χ2v) is 9.12. The van der Waals surface area contributed by atoms with Crippen molar-refractivity contribution < 1.29 is 23.1 Å². The van der Waals surface area contributed by atoms with Crippen LogP contribution in [-0.2, 0) is 10.0 Å². The number of anilines is 2. The van der Waals surface area contributed by atoms with E-state index in [-0.39, 0.29) is 15.3 Å². The van der Waals surface area contributed by atoms with Crippen molar-refractivity contribution in [2.24, 2.45) is 0 Å². The normalized spacial score (nSPS) is 11.1. The number of nitrogens with zero attached hydrogens (tertiary/aromatic N) is 1. The molecule has 9 heteroatoms. The van der Waals surface area contributed by atoms with Crippen molar-refractivity contribution in [2.75, 3.05) is 16.7 Å². The van der Waals surface area contributed by atoms with Crippen molar-refractivity contribution in [3.05, 3.63) is 76.0 Å². The zero-order valence-electron chi connectivity index (χ0n) is 15.6. The molecule has 0 aliphatic carbocycles. The van der Waals surface area contributed by atoms with Crippen LogP contribution in [0.3, 0.4) is 0 Å². The average Bonchev–Trinajstić information content (AvgIpc) is 3.21. The van der Waals surface area contributed by atoms with Gasteiger partial charge in [0.15, 0.2) is 0 Å². The van der Waals surface area contributed by atoms with E-state index in [1.807, 2.05) is 0 Å². The Morgan fingerprint density at radius 3 is 2.41 bits per heavy atom. The van der Waals surface area contributed by atoms with Crippen molar-refractivity contribution >= 4 is 44.6 Å². The lowest BCUT2D eigenvalue weighted by Gasteiger charge is -2.18. The minimum absolute atomic E-state index is 0.00927. The number of para-hydroxylation sites is 1. The van der Waals surface area contributed by atoms with Gasteiger partial charge in [-0.1, -0.05) is 24.3 Å². The van der Waals surface area contributed by atoms with Gasteiger partial charge in [-0.15, -0.1) is 11.3 Å². The first-order valence-corrected chi connectivity index (χ1v) is 10.8. The van der Waals surface area contributed by atoms with Crippen molar-refractivity contribution in [1.29, 1.82) is 0 Å². The number of amides is 1.